The fourth-order valence-electron chi connectivity index (χ4n) is 2.48. The van der Waals surface area contributed by atoms with E-state index in [1.165, 1.54) is 0 Å². The van der Waals surface area contributed by atoms with Crippen molar-refractivity contribution < 1.29 is 19.4 Å². The summed E-state index contributed by atoms with van der Waals surface area (Å²) in [6.45, 7) is 5.51. The van der Waals surface area contributed by atoms with Crippen molar-refractivity contribution in [1.29, 1.82) is 0 Å². The largest absolute Gasteiger partial charge is 0.481 e. The number of nitrogens with zero attached hydrogens (tertiary/aromatic N) is 1. The van der Waals surface area contributed by atoms with Gasteiger partial charge in [0.25, 0.3) is 0 Å². The number of benzene rings is 1. The Kier molecular flexibility index (Phi) is 5.99. The number of carboxylic acids is 1. The molecule has 120 valence electrons. The summed E-state index contributed by atoms with van der Waals surface area (Å²) in [5.41, 5.74) is 1.76. The van der Waals surface area contributed by atoms with Crippen LogP contribution in [0.4, 0.5) is 0 Å². The topological polar surface area (TPSA) is 60.7 Å². The molecular weight excluding hydrogens is 350 g/mol. The van der Waals surface area contributed by atoms with E-state index in [-0.39, 0.29) is 12.7 Å². The molecule has 1 aromatic carbocycles. The minimum absolute atomic E-state index is 0.00606. The Bertz CT molecular complexity index is 647. The average Bonchev–Trinajstić information content (AvgIpc) is 2.76. The van der Waals surface area contributed by atoms with Gasteiger partial charge in [-0.05, 0) is 37.6 Å². The molecule has 0 aliphatic rings. The lowest BCUT2D eigenvalue weighted by Crippen LogP contribution is -2.23. The van der Waals surface area contributed by atoms with Crippen molar-refractivity contribution in [3.8, 4) is 0 Å². The Balaban J connectivity index is 2.38. The van der Waals surface area contributed by atoms with Gasteiger partial charge in [-0.2, -0.15) is 0 Å². The summed E-state index contributed by atoms with van der Waals surface area (Å²) in [7, 11) is 0. The summed E-state index contributed by atoms with van der Waals surface area (Å²) in [5, 5.41) is 10.0. The fourth-order valence-corrected chi connectivity index (χ4v) is 2.84. The molecule has 22 heavy (non-hydrogen) atoms. The zero-order valence-corrected chi connectivity index (χ0v) is 14.3. The summed E-state index contributed by atoms with van der Waals surface area (Å²) in [6, 6.07) is 5.86. The summed E-state index contributed by atoms with van der Waals surface area (Å²) >= 11 is 3.44. The average molecular weight is 370 g/mol. The van der Waals surface area contributed by atoms with Crippen molar-refractivity contribution in [3.63, 3.8) is 0 Å². The van der Waals surface area contributed by atoms with Crippen LogP contribution >= 0.6 is 15.9 Å². The summed E-state index contributed by atoms with van der Waals surface area (Å²) in [4.78, 5) is 11.1. The van der Waals surface area contributed by atoms with Crippen LogP contribution in [-0.2, 0) is 27.2 Å². The van der Waals surface area contributed by atoms with Gasteiger partial charge in [0.05, 0.1) is 13.0 Å². The molecule has 5 nitrogen and oxygen atoms in total. The molecule has 0 saturated heterocycles. The molecule has 2 aromatic rings. The van der Waals surface area contributed by atoms with Crippen LogP contribution in [0.1, 0.15) is 19.4 Å². The Hall–Kier alpha value is -1.37. The third kappa shape index (κ3) is 4.09. The van der Waals surface area contributed by atoms with E-state index in [1.807, 2.05) is 42.8 Å². The van der Waals surface area contributed by atoms with Gasteiger partial charge in [0.1, 0.15) is 0 Å². The maximum atomic E-state index is 11.1. The number of carbonyl (C=O) groups is 1. The summed E-state index contributed by atoms with van der Waals surface area (Å²) in [5.74, 6) is -0.842. The van der Waals surface area contributed by atoms with E-state index in [0.29, 0.717) is 19.8 Å². The number of halogens is 1. The highest BCUT2D eigenvalue weighted by atomic mass is 79.9. The van der Waals surface area contributed by atoms with Crippen molar-refractivity contribution in [1.82, 2.24) is 4.57 Å². The van der Waals surface area contributed by atoms with Gasteiger partial charge < -0.3 is 19.1 Å². The second-order valence-corrected chi connectivity index (χ2v) is 5.79. The second-order valence-electron chi connectivity index (χ2n) is 4.88. The maximum absolute atomic E-state index is 11.1. The van der Waals surface area contributed by atoms with Crippen LogP contribution in [0.3, 0.4) is 0 Å². The third-order valence-corrected chi connectivity index (χ3v) is 3.81. The van der Waals surface area contributed by atoms with Gasteiger partial charge in [0.15, 0.2) is 6.29 Å². The number of carboxylic acid groups (broad SMARTS) is 1. The van der Waals surface area contributed by atoms with E-state index in [4.69, 9.17) is 14.6 Å². The van der Waals surface area contributed by atoms with Crippen molar-refractivity contribution in [2.75, 3.05) is 13.2 Å². The summed E-state index contributed by atoms with van der Waals surface area (Å²) in [6.07, 6.45) is 1.52. The number of fused-ring (bicyclic) bond motifs is 1. The first-order valence-corrected chi connectivity index (χ1v) is 8.06. The number of hydrogen-bond acceptors (Lipinski definition) is 3. The molecule has 2 rings (SSSR count). The van der Waals surface area contributed by atoms with Gasteiger partial charge >= 0.3 is 5.97 Å². The molecule has 0 aliphatic heterocycles. The highest BCUT2D eigenvalue weighted by Gasteiger charge is 2.15. The second kappa shape index (κ2) is 7.76. The minimum atomic E-state index is -0.842. The molecule has 0 saturated carbocycles. The Labute approximate surface area is 138 Å². The molecule has 0 radical (unpaired) electrons. The molecule has 0 bridgehead atoms. The van der Waals surface area contributed by atoms with Crippen LogP contribution in [0.2, 0.25) is 0 Å². The molecule has 0 spiro atoms. The lowest BCUT2D eigenvalue weighted by molar-refractivity contribution is -0.143. The van der Waals surface area contributed by atoms with Gasteiger partial charge in [0, 0.05) is 34.8 Å². The first-order valence-electron chi connectivity index (χ1n) is 7.27. The Morgan fingerprint density at radius 2 is 2.00 bits per heavy atom. The first kappa shape index (κ1) is 17.0. The number of aromatic nitrogens is 1. The van der Waals surface area contributed by atoms with Crippen molar-refractivity contribution in [2.24, 2.45) is 0 Å². The van der Waals surface area contributed by atoms with Gasteiger partial charge in [-0.25, -0.2) is 0 Å². The minimum Gasteiger partial charge on any atom is -0.481 e. The molecule has 1 aromatic heterocycles. The molecule has 0 aliphatic carbocycles. The van der Waals surface area contributed by atoms with E-state index in [1.54, 1.807) is 0 Å². The number of rotatable bonds is 8. The molecule has 6 heteroatoms. The van der Waals surface area contributed by atoms with Crippen LogP contribution in [0.5, 0.6) is 0 Å². The molecular formula is C16H20BrNO4. The molecule has 1 N–H and O–H groups in total. The molecule has 0 unspecified atom stereocenters. The predicted molar refractivity (Wildman–Crippen MR) is 88.0 cm³/mol. The van der Waals surface area contributed by atoms with E-state index in [2.05, 4.69) is 15.9 Å². The normalized spacial score (nSPS) is 11.5. The lowest BCUT2D eigenvalue weighted by atomic mass is 10.1. The van der Waals surface area contributed by atoms with Crippen molar-refractivity contribution >= 4 is 32.8 Å². The zero-order chi connectivity index (χ0) is 16.1. The third-order valence-electron chi connectivity index (χ3n) is 3.32. The standard InChI is InChI=1S/C16H20BrNO4/c1-3-21-16(22-4-2)10-18-9-11(7-15(19)20)13-8-12(17)5-6-14(13)18/h5-6,8-9,16H,3-4,7,10H2,1-2H3,(H,19,20). The van der Waals surface area contributed by atoms with Crippen LogP contribution in [0.15, 0.2) is 28.9 Å². The predicted octanol–water partition coefficient (Wildman–Crippen LogP) is 3.43. The molecule has 1 heterocycles. The highest BCUT2D eigenvalue weighted by molar-refractivity contribution is 9.10. The van der Waals surface area contributed by atoms with Gasteiger partial charge in [-0.3, -0.25) is 4.79 Å². The van der Waals surface area contributed by atoms with Gasteiger partial charge in [-0.15, -0.1) is 0 Å². The zero-order valence-electron chi connectivity index (χ0n) is 12.7. The number of aliphatic carboxylic acids is 1. The Morgan fingerprint density at radius 1 is 1.32 bits per heavy atom. The van der Waals surface area contributed by atoms with Crippen LogP contribution in [0, 0.1) is 0 Å². The monoisotopic (exact) mass is 369 g/mol. The van der Waals surface area contributed by atoms with E-state index < -0.39 is 5.97 Å². The van der Waals surface area contributed by atoms with Crippen LogP contribution in [0.25, 0.3) is 10.9 Å². The van der Waals surface area contributed by atoms with Gasteiger partial charge in [0.2, 0.25) is 0 Å². The van der Waals surface area contributed by atoms with Crippen LogP contribution in [-0.4, -0.2) is 35.1 Å². The van der Waals surface area contributed by atoms with Crippen molar-refractivity contribution in [2.45, 2.75) is 33.1 Å². The van der Waals surface area contributed by atoms with E-state index in [0.717, 1.165) is 20.9 Å². The quantitative estimate of drug-likeness (QED) is 0.724. The van der Waals surface area contributed by atoms with Crippen LogP contribution < -0.4 is 0 Å². The molecule has 0 amide bonds. The SMILES string of the molecule is CCOC(Cn1cc(CC(=O)O)c2cc(Br)ccc21)OCC. The Morgan fingerprint density at radius 3 is 2.59 bits per heavy atom. The first-order chi connectivity index (χ1) is 10.5. The fraction of sp³-hybridized carbons (Fsp3) is 0.438. The smallest absolute Gasteiger partial charge is 0.307 e. The molecule has 0 fully saturated rings. The molecule has 0 atom stereocenters. The number of ether oxygens (including phenoxy) is 2. The van der Waals surface area contributed by atoms with Crippen molar-refractivity contribution in [3.05, 3.63) is 34.4 Å². The van der Waals surface area contributed by atoms with E-state index in [9.17, 15) is 4.79 Å². The lowest BCUT2D eigenvalue weighted by Gasteiger charge is -2.18. The van der Waals surface area contributed by atoms with Gasteiger partial charge in [-0.1, -0.05) is 15.9 Å². The van der Waals surface area contributed by atoms with E-state index >= 15 is 0 Å². The maximum Gasteiger partial charge on any atom is 0.307 e. The highest BCUT2D eigenvalue weighted by Crippen LogP contribution is 2.26. The number of hydrogen-bond donors (Lipinski definition) is 1. The summed E-state index contributed by atoms with van der Waals surface area (Å²) < 4.78 is 14.1.